The second-order valence-corrected chi connectivity index (χ2v) is 13.9. The van der Waals surface area contributed by atoms with Gasteiger partial charge in [-0.15, -0.1) is 0 Å². The highest BCUT2D eigenvalue weighted by molar-refractivity contribution is 6.29. The summed E-state index contributed by atoms with van der Waals surface area (Å²) < 4.78 is 6.91. The molecule has 0 aliphatic carbocycles. The number of nitrogens with zero attached hydrogens (tertiary/aromatic N) is 5. The van der Waals surface area contributed by atoms with Gasteiger partial charge < -0.3 is 13.7 Å². The summed E-state index contributed by atoms with van der Waals surface area (Å²) in [4.78, 5) is 0. The van der Waals surface area contributed by atoms with E-state index in [4.69, 9.17) is 0 Å². The maximum Gasteiger partial charge on any atom is 0.101 e. The van der Waals surface area contributed by atoms with Gasteiger partial charge in [-0.3, -0.25) is 0 Å². The smallest absolute Gasteiger partial charge is 0.101 e. The van der Waals surface area contributed by atoms with Crippen molar-refractivity contribution in [2.75, 3.05) is 0 Å². The van der Waals surface area contributed by atoms with E-state index >= 15 is 0 Å². The predicted octanol–water partition coefficient (Wildman–Crippen LogP) is 12.4. The van der Waals surface area contributed by atoms with Gasteiger partial charge in [-0.1, -0.05) is 103 Å². The largest absolute Gasteiger partial charge is 0.309 e. The summed E-state index contributed by atoms with van der Waals surface area (Å²) in [5, 5.41) is 28.0. The molecule has 55 heavy (non-hydrogen) atoms. The van der Waals surface area contributed by atoms with E-state index in [1.54, 1.807) is 6.07 Å². The van der Waals surface area contributed by atoms with Crippen LogP contribution in [0.5, 0.6) is 0 Å². The first-order valence-electron chi connectivity index (χ1n) is 18.3. The molecule has 0 aliphatic heterocycles. The van der Waals surface area contributed by atoms with Crippen molar-refractivity contribution in [2.45, 2.75) is 0 Å². The molecule has 0 unspecified atom stereocenters. The third-order valence-corrected chi connectivity index (χ3v) is 11.1. The van der Waals surface area contributed by atoms with Crippen LogP contribution in [0.25, 0.3) is 93.6 Å². The third kappa shape index (κ3) is 4.33. The van der Waals surface area contributed by atoms with Crippen molar-refractivity contribution in [2.24, 2.45) is 0 Å². The molecule has 0 aliphatic rings. The van der Waals surface area contributed by atoms with Crippen LogP contribution in [0, 0.1) is 22.7 Å². The molecule has 5 heteroatoms. The molecule has 5 nitrogen and oxygen atoms in total. The first kappa shape index (κ1) is 30.7. The Morgan fingerprint density at radius 1 is 0.345 bits per heavy atom. The number of hydrogen-bond acceptors (Lipinski definition) is 2. The van der Waals surface area contributed by atoms with Crippen LogP contribution in [0.1, 0.15) is 11.1 Å². The minimum absolute atomic E-state index is 0.349. The highest BCUT2D eigenvalue weighted by Gasteiger charge is 2.24. The number of nitriles is 2. The highest BCUT2D eigenvalue weighted by atomic mass is 15.0. The predicted molar refractivity (Wildman–Crippen MR) is 224 cm³/mol. The Balaban J connectivity index is 1.19. The Morgan fingerprint density at radius 2 is 0.800 bits per heavy atom. The summed E-state index contributed by atoms with van der Waals surface area (Å²) in [6, 6.07) is 65.9. The van der Waals surface area contributed by atoms with Crippen molar-refractivity contribution < 1.29 is 0 Å². The van der Waals surface area contributed by atoms with Crippen LogP contribution >= 0.6 is 0 Å². The quantitative estimate of drug-likeness (QED) is 0.184. The number of para-hydroxylation sites is 5. The summed E-state index contributed by atoms with van der Waals surface area (Å²) in [6.07, 6.45) is 0. The van der Waals surface area contributed by atoms with E-state index in [9.17, 15) is 10.5 Å². The molecule has 254 valence electrons. The van der Waals surface area contributed by atoms with Gasteiger partial charge in [-0.2, -0.15) is 10.5 Å². The Bertz CT molecular complexity index is 3380. The van der Waals surface area contributed by atoms with Gasteiger partial charge in [0.15, 0.2) is 0 Å². The summed E-state index contributed by atoms with van der Waals surface area (Å²) in [5.74, 6) is 0. The normalized spacial score (nSPS) is 11.6. The summed E-state index contributed by atoms with van der Waals surface area (Å²) in [5.41, 5.74) is 11.9. The van der Waals surface area contributed by atoms with Gasteiger partial charge in [0.2, 0.25) is 0 Å². The lowest BCUT2D eigenvalue weighted by atomic mass is 9.94. The van der Waals surface area contributed by atoms with E-state index in [-0.39, 0.29) is 0 Å². The van der Waals surface area contributed by atoms with Crippen LogP contribution in [-0.4, -0.2) is 13.7 Å². The fourth-order valence-electron chi connectivity index (χ4n) is 8.89. The van der Waals surface area contributed by atoms with Crippen molar-refractivity contribution in [1.29, 1.82) is 10.5 Å². The Hall–Kier alpha value is -7.86. The van der Waals surface area contributed by atoms with Gasteiger partial charge in [0.1, 0.15) is 12.1 Å². The zero-order valence-electron chi connectivity index (χ0n) is 29.5. The van der Waals surface area contributed by atoms with Crippen molar-refractivity contribution in [3.63, 3.8) is 0 Å². The van der Waals surface area contributed by atoms with Gasteiger partial charge in [-0.25, -0.2) is 0 Å². The minimum atomic E-state index is 0.349. The van der Waals surface area contributed by atoms with E-state index in [1.165, 1.54) is 21.5 Å². The van der Waals surface area contributed by atoms with E-state index in [2.05, 4.69) is 184 Å². The fourth-order valence-corrected chi connectivity index (χ4v) is 8.89. The highest BCUT2D eigenvalue weighted by Crippen LogP contribution is 2.44. The molecule has 0 spiro atoms. The average molecular weight is 700 g/mol. The van der Waals surface area contributed by atoms with Crippen LogP contribution in [0.4, 0.5) is 0 Å². The Kier molecular flexibility index (Phi) is 6.61. The van der Waals surface area contributed by atoms with Gasteiger partial charge >= 0.3 is 0 Å². The monoisotopic (exact) mass is 699 g/mol. The molecule has 0 fully saturated rings. The number of aromatic nitrogens is 3. The van der Waals surface area contributed by atoms with Crippen LogP contribution < -0.4 is 0 Å². The molecule has 0 saturated carbocycles. The molecule has 3 heterocycles. The topological polar surface area (TPSA) is 62.4 Å². The second kappa shape index (κ2) is 11.8. The van der Waals surface area contributed by atoms with Crippen molar-refractivity contribution in [3.05, 3.63) is 187 Å². The molecular weight excluding hydrogens is 671 g/mol. The van der Waals surface area contributed by atoms with Crippen LogP contribution in [0.2, 0.25) is 0 Å². The van der Waals surface area contributed by atoms with E-state index < -0.39 is 0 Å². The zero-order valence-corrected chi connectivity index (χ0v) is 29.5. The van der Waals surface area contributed by atoms with Crippen LogP contribution in [-0.2, 0) is 0 Å². The molecule has 0 N–H and O–H groups in total. The fraction of sp³-hybridized carbons (Fsp3) is 0. The molecule has 0 bridgehead atoms. The third-order valence-electron chi connectivity index (χ3n) is 11.1. The SMILES string of the molecule is N#Cc1ccc(-n2c3ccccc3c3c4c5ccccc5n(-c5ccccc5)c4ccc32)c(-c2ccc(-n3c4ccccc4c4ccccc43)cc2)c1C#N. The molecule has 0 amide bonds. The van der Waals surface area contributed by atoms with E-state index in [0.717, 1.165) is 72.1 Å². The molecule has 3 aromatic heterocycles. The van der Waals surface area contributed by atoms with Crippen molar-refractivity contribution >= 4 is 65.4 Å². The zero-order chi connectivity index (χ0) is 36.6. The lowest BCUT2D eigenvalue weighted by Crippen LogP contribution is -2.02. The molecule has 0 saturated heterocycles. The minimum Gasteiger partial charge on any atom is -0.309 e. The van der Waals surface area contributed by atoms with Gasteiger partial charge in [-0.05, 0) is 78.4 Å². The molecular formula is C50H29N5. The lowest BCUT2D eigenvalue weighted by molar-refractivity contribution is 1.17. The molecule has 11 aromatic rings. The van der Waals surface area contributed by atoms with Crippen LogP contribution in [0.15, 0.2) is 176 Å². The average Bonchev–Trinajstić information content (AvgIpc) is 3.89. The summed E-state index contributed by atoms with van der Waals surface area (Å²) in [7, 11) is 0. The first-order chi connectivity index (χ1) is 27.2. The number of hydrogen-bond donors (Lipinski definition) is 0. The maximum atomic E-state index is 10.7. The van der Waals surface area contributed by atoms with Crippen LogP contribution in [0.3, 0.4) is 0 Å². The molecule has 8 aromatic carbocycles. The first-order valence-corrected chi connectivity index (χ1v) is 18.3. The Labute approximate surface area is 316 Å². The Morgan fingerprint density at radius 3 is 1.36 bits per heavy atom. The number of benzene rings is 8. The van der Waals surface area contributed by atoms with E-state index in [1.807, 2.05) is 12.1 Å². The molecule has 0 atom stereocenters. The lowest BCUT2D eigenvalue weighted by Gasteiger charge is -2.17. The van der Waals surface area contributed by atoms with Gasteiger partial charge in [0, 0.05) is 49.3 Å². The number of fused-ring (bicyclic) bond motifs is 10. The summed E-state index contributed by atoms with van der Waals surface area (Å²) >= 11 is 0. The van der Waals surface area contributed by atoms with Gasteiger partial charge in [0.05, 0.1) is 49.9 Å². The molecule has 11 rings (SSSR count). The van der Waals surface area contributed by atoms with Crippen molar-refractivity contribution in [3.8, 4) is 40.3 Å². The number of rotatable bonds is 4. The second-order valence-electron chi connectivity index (χ2n) is 13.9. The summed E-state index contributed by atoms with van der Waals surface area (Å²) in [6.45, 7) is 0. The maximum absolute atomic E-state index is 10.7. The van der Waals surface area contributed by atoms with Gasteiger partial charge in [0.25, 0.3) is 0 Å². The van der Waals surface area contributed by atoms with Crippen molar-refractivity contribution in [1.82, 2.24) is 13.7 Å². The molecule has 0 radical (unpaired) electrons. The van der Waals surface area contributed by atoms with E-state index in [0.29, 0.717) is 11.1 Å². The standard InChI is InChI=1S/C50H29N5/c51-30-33-24-27-45(48(40(33)31-52)32-22-25-35(26-23-32)53-41-18-8-4-14-36(41)37-15-5-9-19-42(37)53)55-44-21-11-7-17-39(44)50-47(55)29-28-46-49(50)38-16-6-10-20-43(38)54(46)34-12-2-1-3-13-34/h1-29H.